The Labute approximate surface area is 82.6 Å². The average Bonchev–Trinajstić information content (AvgIpc) is 2.56. The first-order valence-corrected chi connectivity index (χ1v) is 4.73. The summed E-state index contributed by atoms with van der Waals surface area (Å²) in [5.41, 5.74) is 6.33. The molecule has 0 aromatic carbocycles. The number of aromatic nitrogens is 2. The Bertz CT molecular complexity index is 292. The van der Waals surface area contributed by atoms with Gasteiger partial charge in [0.05, 0.1) is 0 Å². The summed E-state index contributed by atoms with van der Waals surface area (Å²) in [6.45, 7) is 5.01. The van der Waals surface area contributed by atoms with E-state index in [0.29, 0.717) is 5.82 Å². The van der Waals surface area contributed by atoms with E-state index < -0.39 is 0 Å². The molecule has 1 fully saturated rings. The van der Waals surface area contributed by atoms with Crippen LogP contribution in [0, 0.1) is 0 Å². The molecule has 0 atom stereocenters. The van der Waals surface area contributed by atoms with E-state index in [9.17, 15) is 0 Å². The summed E-state index contributed by atoms with van der Waals surface area (Å²) in [5, 5.41) is 7.31. The predicted octanol–water partition coefficient (Wildman–Crippen LogP) is -0.601. The van der Waals surface area contributed by atoms with Crippen molar-refractivity contribution < 1.29 is 4.63 Å². The number of rotatable bonds is 2. The molecule has 6 heteroatoms. The molecule has 14 heavy (non-hydrogen) atoms. The van der Waals surface area contributed by atoms with Crippen LogP contribution in [0.15, 0.2) is 4.63 Å². The number of likely N-dealkylation sites (N-methyl/N-ethyl adjacent to an activating group) is 1. The van der Waals surface area contributed by atoms with Gasteiger partial charge >= 0.3 is 0 Å². The smallest absolute Gasteiger partial charge is 0.192 e. The molecule has 1 aliphatic heterocycles. The summed E-state index contributed by atoms with van der Waals surface area (Å²) in [6, 6.07) is 0. The Morgan fingerprint density at radius 1 is 1.29 bits per heavy atom. The average molecular weight is 197 g/mol. The molecule has 6 nitrogen and oxygen atoms in total. The second kappa shape index (κ2) is 3.93. The fourth-order valence-corrected chi connectivity index (χ4v) is 1.54. The van der Waals surface area contributed by atoms with Crippen LogP contribution in [-0.2, 0) is 6.54 Å². The highest BCUT2D eigenvalue weighted by molar-refractivity contribution is 5.30. The second-order valence-corrected chi connectivity index (χ2v) is 3.68. The summed E-state index contributed by atoms with van der Waals surface area (Å²) in [4.78, 5) is 4.61. The Balaban J connectivity index is 1.89. The minimum atomic E-state index is 0.406. The first kappa shape index (κ1) is 9.42. The number of anilines is 1. The number of hydrogen-bond donors (Lipinski definition) is 1. The van der Waals surface area contributed by atoms with Gasteiger partial charge in [-0.3, -0.25) is 4.90 Å². The Morgan fingerprint density at radius 2 is 2.00 bits per heavy atom. The zero-order chi connectivity index (χ0) is 9.97. The Hall–Kier alpha value is -1.14. The van der Waals surface area contributed by atoms with Gasteiger partial charge in [0.25, 0.3) is 0 Å². The maximum Gasteiger partial charge on any atom is 0.192 e. The van der Waals surface area contributed by atoms with Crippen molar-refractivity contribution in [2.75, 3.05) is 39.0 Å². The topological polar surface area (TPSA) is 71.4 Å². The van der Waals surface area contributed by atoms with Gasteiger partial charge in [0, 0.05) is 32.7 Å². The number of piperazine rings is 1. The van der Waals surface area contributed by atoms with Crippen LogP contribution in [0.2, 0.25) is 0 Å². The molecular weight excluding hydrogens is 182 g/mol. The standard InChI is InChI=1S/C8H15N5O/c1-12-2-4-13(5-3-12)6-7-8(9)11-14-10-7/h2-6H2,1H3,(H2,9,11). The van der Waals surface area contributed by atoms with E-state index in [-0.39, 0.29) is 0 Å². The molecule has 0 aliphatic carbocycles. The first-order valence-electron chi connectivity index (χ1n) is 4.73. The lowest BCUT2D eigenvalue weighted by atomic mass is 10.3. The van der Waals surface area contributed by atoms with E-state index in [4.69, 9.17) is 5.73 Å². The number of nitrogens with zero attached hydrogens (tertiary/aromatic N) is 4. The van der Waals surface area contributed by atoms with Crippen molar-refractivity contribution in [2.45, 2.75) is 6.54 Å². The molecule has 1 aliphatic rings. The van der Waals surface area contributed by atoms with E-state index in [2.05, 4.69) is 31.8 Å². The number of nitrogen functional groups attached to an aromatic ring is 1. The minimum Gasteiger partial charge on any atom is -0.379 e. The summed E-state index contributed by atoms with van der Waals surface area (Å²) >= 11 is 0. The highest BCUT2D eigenvalue weighted by atomic mass is 16.6. The van der Waals surface area contributed by atoms with Crippen molar-refractivity contribution >= 4 is 5.82 Å². The molecule has 2 N–H and O–H groups in total. The third-order valence-electron chi connectivity index (χ3n) is 2.56. The van der Waals surface area contributed by atoms with Gasteiger partial charge in [0.15, 0.2) is 5.82 Å². The van der Waals surface area contributed by atoms with Crippen LogP contribution in [0.4, 0.5) is 5.82 Å². The van der Waals surface area contributed by atoms with Gasteiger partial charge in [-0.2, -0.15) is 0 Å². The molecule has 2 heterocycles. The van der Waals surface area contributed by atoms with Crippen LogP contribution >= 0.6 is 0 Å². The highest BCUT2D eigenvalue weighted by Crippen LogP contribution is 2.09. The van der Waals surface area contributed by atoms with Crippen molar-refractivity contribution in [3.8, 4) is 0 Å². The Kier molecular flexibility index (Phi) is 2.64. The SMILES string of the molecule is CN1CCN(Cc2nonc2N)CC1. The molecule has 2 rings (SSSR count). The lowest BCUT2D eigenvalue weighted by molar-refractivity contribution is 0.145. The third-order valence-corrected chi connectivity index (χ3v) is 2.56. The predicted molar refractivity (Wildman–Crippen MR) is 51.5 cm³/mol. The van der Waals surface area contributed by atoms with E-state index in [1.165, 1.54) is 0 Å². The monoisotopic (exact) mass is 197 g/mol. The fraction of sp³-hybridized carbons (Fsp3) is 0.750. The van der Waals surface area contributed by atoms with Crippen LogP contribution in [0.1, 0.15) is 5.69 Å². The van der Waals surface area contributed by atoms with Gasteiger partial charge in [0.1, 0.15) is 5.69 Å². The van der Waals surface area contributed by atoms with Crippen molar-refractivity contribution in [1.82, 2.24) is 20.1 Å². The lowest BCUT2D eigenvalue weighted by Gasteiger charge is -2.31. The normalized spacial score (nSPS) is 20.1. The molecule has 0 bridgehead atoms. The summed E-state index contributed by atoms with van der Waals surface area (Å²) in [5.74, 6) is 0.406. The van der Waals surface area contributed by atoms with Gasteiger partial charge in [-0.1, -0.05) is 5.16 Å². The molecule has 1 aromatic rings. The zero-order valence-corrected chi connectivity index (χ0v) is 8.31. The van der Waals surface area contributed by atoms with Crippen LogP contribution < -0.4 is 5.73 Å². The maximum atomic E-state index is 5.58. The summed E-state index contributed by atoms with van der Waals surface area (Å²) in [6.07, 6.45) is 0. The maximum absolute atomic E-state index is 5.58. The lowest BCUT2D eigenvalue weighted by Crippen LogP contribution is -2.44. The third kappa shape index (κ3) is 2.02. The van der Waals surface area contributed by atoms with Crippen molar-refractivity contribution in [1.29, 1.82) is 0 Å². The quantitative estimate of drug-likeness (QED) is 0.682. The summed E-state index contributed by atoms with van der Waals surface area (Å²) in [7, 11) is 2.13. The van der Waals surface area contributed by atoms with Gasteiger partial charge in [-0.05, 0) is 12.2 Å². The van der Waals surface area contributed by atoms with Crippen LogP contribution in [0.25, 0.3) is 0 Å². The molecule has 0 saturated carbocycles. The van der Waals surface area contributed by atoms with E-state index in [0.717, 1.165) is 38.4 Å². The molecule has 78 valence electrons. The Morgan fingerprint density at radius 3 is 2.57 bits per heavy atom. The van der Waals surface area contributed by atoms with E-state index in [1.54, 1.807) is 0 Å². The van der Waals surface area contributed by atoms with Crippen LogP contribution in [0.3, 0.4) is 0 Å². The largest absolute Gasteiger partial charge is 0.379 e. The minimum absolute atomic E-state index is 0.406. The molecular formula is C8H15N5O. The zero-order valence-electron chi connectivity index (χ0n) is 8.31. The van der Waals surface area contributed by atoms with Gasteiger partial charge in [-0.25, -0.2) is 4.63 Å². The van der Waals surface area contributed by atoms with Gasteiger partial charge in [0.2, 0.25) is 0 Å². The van der Waals surface area contributed by atoms with Crippen LogP contribution in [-0.4, -0.2) is 53.3 Å². The van der Waals surface area contributed by atoms with Crippen LogP contribution in [0.5, 0.6) is 0 Å². The molecule has 1 aromatic heterocycles. The van der Waals surface area contributed by atoms with Crippen molar-refractivity contribution in [3.05, 3.63) is 5.69 Å². The van der Waals surface area contributed by atoms with Crippen molar-refractivity contribution in [3.63, 3.8) is 0 Å². The molecule has 0 radical (unpaired) electrons. The fourth-order valence-electron chi connectivity index (χ4n) is 1.54. The molecule has 0 spiro atoms. The molecule has 1 saturated heterocycles. The van der Waals surface area contributed by atoms with Gasteiger partial charge < -0.3 is 10.6 Å². The molecule has 0 unspecified atom stereocenters. The van der Waals surface area contributed by atoms with E-state index >= 15 is 0 Å². The van der Waals surface area contributed by atoms with E-state index in [1.807, 2.05) is 0 Å². The molecule has 0 amide bonds. The number of nitrogens with two attached hydrogens (primary N) is 1. The van der Waals surface area contributed by atoms with Crippen molar-refractivity contribution in [2.24, 2.45) is 0 Å². The number of hydrogen-bond acceptors (Lipinski definition) is 6. The highest BCUT2D eigenvalue weighted by Gasteiger charge is 2.16. The first-order chi connectivity index (χ1) is 6.75. The van der Waals surface area contributed by atoms with Gasteiger partial charge in [-0.15, -0.1) is 0 Å². The second-order valence-electron chi connectivity index (χ2n) is 3.68. The summed E-state index contributed by atoms with van der Waals surface area (Å²) < 4.78 is 4.55.